The number of hydrogen-bond acceptors (Lipinski definition) is 3. The molecule has 0 aliphatic heterocycles. The van der Waals surface area contributed by atoms with Gasteiger partial charge < -0.3 is 15.3 Å². The normalized spacial score (nSPS) is 15.8. The number of nitrogens with one attached hydrogen (secondary N) is 1. The zero-order chi connectivity index (χ0) is 12.6. The van der Waals surface area contributed by atoms with E-state index in [1.54, 1.807) is 0 Å². The summed E-state index contributed by atoms with van der Waals surface area (Å²) in [6.07, 6.45) is 3.42. The fraction of sp³-hybridized carbons (Fsp3) is 1.00. The molecule has 0 saturated heterocycles. The lowest BCUT2D eigenvalue weighted by Gasteiger charge is -2.28. The minimum absolute atomic E-state index is 0.102. The summed E-state index contributed by atoms with van der Waals surface area (Å²) in [6, 6.07) is 0.638. The highest BCUT2D eigenvalue weighted by Gasteiger charge is 2.19. The van der Waals surface area contributed by atoms with Crippen LogP contribution in [-0.2, 0) is 0 Å². The summed E-state index contributed by atoms with van der Waals surface area (Å²) in [5, 5.41) is 12.4. The van der Waals surface area contributed by atoms with E-state index in [1.165, 1.54) is 19.4 Å². The van der Waals surface area contributed by atoms with E-state index in [0.29, 0.717) is 6.04 Å². The zero-order valence-corrected chi connectivity index (χ0v) is 11.7. The van der Waals surface area contributed by atoms with E-state index in [0.717, 1.165) is 13.0 Å². The smallest absolute Gasteiger partial charge is 0.0610 e. The summed E-state index contributed by atoms with van der Waals surface area (Å²) in [5.41, 5.74) is -0.102. The molecule has 0 fully saturated rings. The summed E-state index contributed by atoms with van der Waals surface area (Å²) in [6.45, 7) is 11.3. The number of aliphatic hydroxyl groups is 1. The van der Waals surface area contributed by atoms with Gasteiger partial charge in [-0.2, -0.15) is 0 Å². The van der Waals surface area contributed by atoms with Gasteiger partial charge in [-0.05, 0) is 53.8 Å². The minimum atomic E-state index is -0.102. The van der Waals surface area contributed by atoms with Crippen molar-refractivity contribution >= 4 is 0 Å². The molecule has 2 N–H and O–H groups in total. The van der Waals surface area contributed by atoms with Crippen LogP contribution in [0.3, 0.4) is 0 Å². The second-order valence-corrected chi connectivity index (χ2v) is 5.15. The highest BCUT2D eigenvalue weighted by molar-refractivity contribution is 4.80. The third-order valence-corrected chi connectivity index (χ3v) is 3.51. The van der Waals surface area contributed by atoms with Crippen LogP contribution in [0.15, 0.2) is 0 Å². The number of hydrogen-bond donors (Lipinski definition) is 2. The molecule has 0 spiro atoms. The van der Waals surface area contributed by atoms with Crippen LogP contribution >= 0.6 is 0 Å². The van der Waals surface area contributed by atoms with Gasteiger partial charge in [0, 0.05) is 11.6 Å². The molecule has 0 saturated carbocycles. The zero-order valence-electron chi connectivity index (χ0n) is 11.7. The number of rotatable bonds is 9. The monoisotopic (exact) mass is 230 g/mol. The largest absolute Gasteiger partial charge is 0.394 e. The quantitative estimate of drug-likeness (QED) is 0.594. The van der Waals surface area contributed by atoms with Crippen LogP contribution in [0.25, 0.3) is 0 Å². The van der Waals surface area contributed by atoms with E-state index in [9.17, 15) is 5.11 Å². The Morgan fingerprint density at radius 2 is 1.94 bits per heavy atom. The van der Waals surface area contributed by atoms with Crippen molar-refractivity contribution in [3.63, 3.8) is 0 Å². The Kier molecular flexibility index (Phi) is 7.98. The Morgan fingerprint density at radius 3 is 2.31 bits per heavy atom. The van der Waals surface area contributed by atoms with Gasteiger partial charge in [0.2, 0.25) is 0 Å². The lowest BCUT2D eigenvalue weighted by atomic mass is 9.96. The molecule has 0 aliphatic rings. The molecule has 3 heteroatoms. The van der Waals surface area contributed by atoms with Gasteiger partial charge in [0.25, 0.3) is 0 Å². The average molecular weight is 230 g/mol. The van der Waals surface area contributed by atoms with E-state index < -0.39 is 0 Å². The van der Waals surface area contributed by atoms with Crippen molar-refractivity contribution in [1.29, 1.82) is 0 Å². The minimum Gasteiger partial charge on any atom is -0.394 e. The van der Waals surface area contributed by atoms with Crippen LogP contribution in [0.5, 0.6) is 0 Å². The summed E-state index contributed by atoms with van der Waals surface area (Å²) in [4.78, 5) is 2.48. The fourth-order valence-corrected chi connectivity index (χ4v) is 1.89. The van der Waals surface area contributed by atoms with Crippen molar-refractivity contribution in [2.24, 2.45) is 0 Å². The van der Waals surface area contributed by atoms with Crippen LogP contribution in [0.2, 0.25) is 0 Å². The molecule has 0 aliphatic carbocycles. The lowest BCUT2D eigenvalue weighted by Crippen LogP contribution is -2.43. The first-order valence-electron chi connectivity index (χ1n) is 6.53. The summed E-state index contributed by atoms with van der Waals surface area (Å²) in [5.74, 6) is 0. The fourth-order valence-electron chi connectivity index (χ4n) is 1.89. The van der Waals surface area contributed by atoms with Gasteiger partial charge in [0.1, 0.15) is 0 Å². The second-order valence-electron chi connectivity index (χ2n) is 5.15. The van der Waals surface area contributed by atoms with Gasteiger partial charge in [-0.15, -0.1) is 0 Å². The molecular formula is C13H30N2O. The van der Waals surface area contributed by atoms with Gasteiger partial charge in [-0.3, -0.25) is 0 Å². The molecule has 0 rings (SSSR count). The lowest BCUT2D eigenvalue weighted by molar-refractivity contribution is 0.166. The molecule has 0 amide bonds. The van der Waals surface area contributed by atoms with Crippen LogP contribution < -0.4 is 5.32 Å². The molecule has 0 radical (unpaired) electrons. The molecular weight excluding hydrogens is 200 g/mol. The SMILES string of the molecule is CCN(CCCCC(C)(CO)NC)C(C)C. The van der Waals surface area contributed by atoms with Crippen molar-refractivity contribution in [2.75, 3.05) is 26.7 Å². The topological polar surface area (TPSA) is 35.5 Å². The molecule has 0 aromatic rings. The van der Waals surface area contributed by atoms with Crippen LogP contribution in [0.1, 0.15) is 47.0 Å². The molecule has 0 bridgehead atoms. The van der Waals surface area contributed by atoms with Crippen LogP contribution in [0.4, 0.5) is 0 Å². The van der Waals surface area contributed by atoms with Gasteiger partial charge in [-0.25, -0.2) is 0 Å². The van der Waals surface area contributed by atoms with Gasteiger partial charge in [-0.1, -0.05) is 13.3 Å². The third kappa shape index (κ3) is 5.83. The maximum atomic E-state index is 9.26. The van der Waals surface area contributed by atoms with E-state index in [-0.39, 0.29) is 12.1 Å². The Balaban J connectivity index is 3.74. The highest BCUT2D eigenvalue weighted by atomic mass is 16.3. The van der Waals surface area contributed by atoms with Gasteiger partial charge >= 0.3 is 0 Å². The predicted octanol–water partition coefficient (Wildman–Crippen LogP) is 1.86. The van der Waals surface area contributed by atoms with E-state index in [4.69, 9.17) is 0 Å². The summed E-state index contributed by atoms with van der Waals surface area (Å²) in [7, 11) is 1.92. The standard InChI is InChI=1S/C13H30N2O/c1-6-15(12(2)3)10-8-7-9-13(4,11-16)14-5/h12,14,16H,6-11H2,1-5H3. The second kappa shape index (κ2) is 8.04. The van der Waals surface area contributed by atoms with Crippen molar-refractivity contribution in [2.45, 2.75) is 58.5 Å². The molecule has 16 heavy (non-hydrogen) atoms. The molecule has 3 nitrogen and oxygen atoms in total. The third-order valence-electron chi connectivity index (χ3n) is 3.51. The average Bonchev–Trinajstić information content (AvgIpc) is 2.28. The maximum absolute atomic E-state index is 9.26. The predicted molar refractivity (Wildman–Crippen MR) is 70.8 cm³/mol. The van der Waals surface area contributed by atoms with Crippen molar-refractivity contribution in [3.05, 3.63) is 0 Å². The summed E-state index contributed by atoms with van der Waals surface area (Å²) >= 11 is 0. The highest BCUT2D eigenvalue weighted by Crippen LogP contribution is 2.13. The van der Waals surface area contributed by atoms with Crippen molar-refractivity contribution in [1.82, 2.24) is 10.2 Å². The number of aliphatic hydroxyl groups excluding tert-OH is 1. The Labute approximate surface area is 101 Å². The number of likely N-dealkylation sites (N-methyl/N-ethyl adjacent to an activating group) is 1. The van der Waals surface area contributed by atoms with E-state index in [2.05, 4.69) is 37.9 Å². The molecule has 1 unspecified atom stereocenters. The van der Waals surface area contributed by atoms with Crippen molar-refractivity contribution < 1.29 is 5.11 Å². The summed E-state index contributed by atoms with van der Waals surface area (Å²) < 4.78 is 0. The first kappa shape index (κ1) is 15.9. The molecule has 1 atom stereocenters. The first-order chi connectivity index (χ1) is 7.49. The molecule has 98 valence electrons. The Bertz CT molecular complexity index is 167. The van der Waals surface area contributed by atoms with Gasteiger partial charge in [0.15, 0.2) is 0 Å². The molecule has 0 aromatic carbocycles. The van der Waals surface area contributed by atoms with Gasteiger partial charge in [0.05, 0.1) is 6.61 Å². The van der Waals surface area contributed by atoms with Crippen molar-refractivity contribution in [3.8, 4) is 0 Å². The number of unbranched alkanes of at least 4 members (excludes halogenated alkanes) is 1. The Hall–Kier alpha value is -0.120. The Morgan fingerprint density at radius 1 is 1.31 bits per heavy atom. The van der Waals surface area contributed by atoms with E-state index in [1.807, 2.05) is 7.05 Å². The van der Waals surface area contributed by atoms with E-state index >= 15 is 0 Å². The van der Waals surface area contributed by atoms with Crippen LogP contribution in [0, 0.1) is 0 Å². The maximum Gasteiger partial charge on any atom is 0.0610 e. The first-order valence-corrected chi connectivity index (χ1v) is 6.53. The number of nitrogens with zero attached hydrogens (tertiary/aromatic N) is 1. The van der Waals surface area contributed by atoms with Crippen LogP contribution in [-0.4, -0.2) is 48.3 Å². The molecule has 0 heterocycles. The molecule has 0 aromatic heterocycles.